The average Bonchev–Trinajstić information content (AvgIpc) is 3.00. The van der Waals surface area contributed by atoms with Gasteiger partial charge in [0.25, 0.3) is 0 Å². The second-order valence-electron chi connectivity index (χ2n) is 8.98. The van der Waals surface area contributed by atoms with Crippen LogP contribution < -0.4 is 0 Å². The number of esters is 1. The summed E-state index contributed by atoms with van der Waals surface area (Å²) in [6.07, 6.45) is 7.28. The minimum atomic E-state index is -0.478. The summed E-state index contributed by atoms with van der Waals surface area (Å²) in [5.74, 6) is -0.000614. The lowest BCUT2D eigenvalue weighted by atomic mass is 9.84. The maximum Gasteiger partial charge on any atom is 0.305 e. The fourth-order valence-electron chi connectivity index (χ4n) is 4.70. The molecule has 0 aromatic heterocycles. The molecule has 0 radical (unpaired) electrons. The number of methoxy groups -OCH3 is 1. The first-order valence-electron chi connectivity index (χ1n) is 11.6. The molecule has 3 N–H and O–H groups in total. The van der Waals surface area contributed by atoms with Crippen LogP contribution in [0, 0.1) is 18.8 Å². The summed E-state index contributed by atoms with van der Waals surface area (Å²) >= 11 is 0. The molecule has 1 aromatic rings. The van der Waals surface area contributed by atoms with Gasteiger partial charge < -0.3 is 20.1 Å². The SMILES string of the molecule is COC(=O)CCCCCCC1C(O)CC(O)C1CCC(O)CCc1ccc(C)cc1. The molecule has 0 bridgehead atoms. The lowest BCUT2D eigenvalue weighted by molar-refractivity contribution is -0.140. The molecule has 0 heterocycles. The summed E-state index contributed by atoms with van der Waals surface area (Å²) in [5.41, 5.74) is 2.48. The van der Waals surface area contributed by atoms with Gasteiger partial charge in [-0.15, -0.1) is 0 Å². The maximum atomic E-state index is 11.1. The number of ether oxygens (including phenoxy) is 1. The van der Waals surface area contributed by atoms with E-state index in [1.54, 1.807) is 0 Å². The molecular weight excluding hydrogens is 380 g/mol. The van der Waals surface area contributed by atoms with Crippen LogP contribution in [0.25, 0.3) is 0 Å². The molecule has 1 saturated carbocycles. The van der Waals surface area contributed by atoms with Crippen molar-refractivity contribution in [3.05, 3.63) is 35.4 Å². The van der Waals surface area contributed by atoms with Gasteiger partial charge in [0.05, 0.1) is 25.4 Å². The molecular formula is C25H40O5. The zero-order valence-corrected chi connectivity index (χ0v) is 18.6. The molecule has 1 aromatic carbocycles. The highest BCUT2D eigenvalue weighted by Gasteiger charge is 2.40. The van der Waals surface area contributed by atoms with Crippen molar-refractivity contribution in [2.24, 2.45) is 11.8 Å². The van der Waals surface area contributed by atoms with Crippen molar-refractivity contribution >= 4 is 5.97 Å². The minimum Gasteiger partial charge on any atom is -0.469 e. The van der Waals surface area contributed by atoms with Gasteiger partial charge in [0.15, 0.2) is 0 Å². The van der Waals surface area contributed by atoms with Crippen molar-refractivity contribution in [2.45, 2.75) is 95.9 Å². The van der Waals surface area contributed by atoms with Gasteiger partial charge in [0.1, 0.15) is 0 Å². The monoisotopic (exact) mass is 420 g/mol. The van der Waals surface area contributed by atoms with Crippen molar-refractivity contribution in [1.82, 2.24) is 0 Å². The first-order chi connectivity index (χ1) is 14.4. The van der Waals surface area contributed by atoms with Crippen LogP contribution in [0.3, 0.4) is 0 Å². The quantitative estimate of drug-likeness (QED) is 0.332. The molecule has 1 aliphatic carbocycles. The van der Waals surface area contributed by atoms with E-state index < -0.39 is 12.2 Å². The summed E-state index contributed by atoms with van der Waals surface area (Å²) in [6, 6.07) is 8.41. The lowest BCUT2D eigenvalue weighted by Gasteiger charge is -2.24. The molecule has 5 heteroatoms. The number of rotatable bonds is 13. The highest BCUT2D eigenvalue weighted by Crippen LogP contribution is 2.39. The van der Waals surface area contributed by atoms with Gasteiger partial charge in [-0.25, -0.2) is 0 Å². The molecule has 0 aliphatic heterocycles. The van der Waals surface area contributed by atoms with Crippen molar-refractivity contribution < 1.29 is 24.9 Å². The fraction of sp³-hybridized carbons (Fsp3) is 0.720. The summed E-state index contributed by atoms with van der Waals surface area (Å²) in [7, 11) is 1.41. The molecule has 0 spiro atoms. The van der Waals surface area contributed by atoms with Gasteiger partial charge in [0, 0.05) is 6.42 Å². The van der Waals surface area contributed by atoms with Crippen LogP contribution in [-0.2, 0) is 16.0 Å². The normalized spacial score (nSPS) is 24.7. The standard InChI is InChI=1S/C25H40O5/c1-18-9-11-19(12-10-18)13-14-20(26)15-16-22-21(23(27)17-24(22)28)7-5-3-4-6-8-25(29)30-2/h9-12,20-24,26-28H,3-8,13-17H2,1-2H3. The molecule has 170 valence electrons. The Balaban J connectivity index is 1.68. The number of aliphatic hydroxyl groups excluding tert-OH is 3. The molecule has 5 unspecified atom stereocenters. The molecule has 1 aliphatic rings. The molecule has 5 atom stereocenters. The van der Waals surface area contributed by atoms with Crippen molar-refractivity contribution in [3.63, 3.8) is 0 Å². The number of hydrogen-bond acceptors (Lipinski definition) is 5. The predicted octanol–water partition coefficient (Wildman–Crippen LogP) is 3.94. The van der Waals surface area contributed by atoms with Gasteiger partial charge in [-0.2, -0.15) is 0 Å². The minimum absolute atomic E-state index is 0.0593. The summed E-state index contributed by atoms with van der Waals surface area (Å²) in [4.78, 5) is 11.1. The third-order valence-corrected chi connectivity index (χ3v) is 6.64. The highest BCUT2D eigenvalue weighted by atomic mass is 16.5. The highest BCUT2D eigenvalue weighted by molar-refractivity contribution is 5.68. The number of carbonyl (C=O) groups is 1. The molecule has 2 rings (SSSR count). The Kier molecular flexibility index (Phi) is 10.8. The largest absolute Gasteiger partial charge is 0.469 e. The van der Waals surface area contributed by atoms with Crippen molar-refractivity contribution in [1.29, 1.82) is 0 Å². The van der Waals surface area contributed by atoms with Gasteiger partial charge >= 0.3 is 5.97 Å². The van der Waals surface area contributed by atoms with E-state index in [0.29, 0.717) is 19.3 Å². The first kappa shape index (κ1) is 24.8. The van der Waals surface area contributed by atoms with E-state index in [-0.39, 0.29) is 23.9 Å². The zero-order valence-electron chi connectivity index (χ0n) is 18.6. The van der Waals surface area contributed by atoms with Crippen LogP contribution in [0.1, 0.15) is 75.3 Å². The molecule has 0 amide bonds. The summed E-state index contributed by atoms with van der Waals surface area (Å²) in [6.45, 7) is 2.07. The third-order valence-electron chi connectivity index (χ3n) is 6.64. The van der Waals surface area contributed by atoms with Crippen molar-refractivity contribution in [2.75, 3.05) is 7.11 Å². The van der Waals surface area contributed by atoms with Crippen LogP contribution >= 0.6 is 0 Å². The maximum absolute atomic E-state index is 11.1. The number of hydrogen-bond donors (Lipinski definition) is 3. The molecule has 0 saturated heterocycles. The lowest BCUT2D eigenvalue weighted by Crippen LogP contribution is -2.24. The van der Waals surface area contributed by atoms with E-state index in [4.69, 9.17) is 0 Å². The van der Waals surface area contributed by atoms with Crippen LogP contribution in [0.5, 0.6) is 0 Å². The Labute approximate surface area is 181 Å². The Morgan fingerprint density at radius 3 is 2.30 bits per heavy atom. The van der Waals surface area contributed by atoms with Gasteiger partial charge in [-0.1, -0.05) is 49.1 Å². The smallest absolute Gasteiger partial charge is 0.305 e. The van der Waals surface area contributed by atoms with E-state index in [9.17, 15) is 20.1 Å². The van der Waals surface area contributed by atoms with E-state index in [2.05, 4.69) is 35.9 Å². The van der Waals surface area contributed by atoms with Gasteiger partial charge in [-0.3, -0.25) is 4.79 Å². The van der Waals surface area contributed by atoms with Crippen LogP contribution in [-0.4, -0.2) is 46.7 Å². The van der Waals surface area contributed by atoms with E-state index >= 15 is 0 Å². The van der Waals surface area contributed by atoms with Crippen LogP contribution in [0.2, 0.25) is 0 Å². The second kappa shape index (κ2) is 13.1. The number of unbranched alkanes of at least 4 members (excludes halogenated alkanes) is 3. The Hall–Kier alpha value is -1.43. The number of aliphatic hydroxyl groups is 3. The van der Waals surface area contributed by atoms with Gasteiger partial charge in [0.2, 0.25) is 0 Å². The number of aryl methyl sites for hydroxylation is 2. The number of benzene rings is 1. The Morgan fingerprint density at radius 2 is 1.63 bits per heavy atom. The first-order valence-corrected chi connectivity index (χ1v) is 11.6. The third kappa shape index (κ3) is 8.37. The van der Waals surface area contributed by atoms with E-state index in [1.165, 1.54) is 18.2 Å². The van der Waals surface area contributed by atoms with Crippen molar-refractivity contribution in [3.8, 4) is 0 Å². The van der Waals surface area contributed by atoms with Crippen LogP contribution in [0.4, 0.5) is 0 Å². The molecule has 1 fully saturated rings. The summed E-state index contributed by atoms with van der Waals surface area (Å²) < 4.78 is 4.65. The molecule has 30 heavy (non-hydrogen) atoms. The Morgan fingerprint density at radius 1 is 1.00 bits per heavy atom. The van der Waals surface area contributed by atoms with Crippen LogP contribution in [0.15, 0.2) is 24.3 Å². The second-order valence-corrected chi connectivity index (χ2v) is 8.98. The zero-order chi connectivity index (χ0) is 21.9. The fourth-order valence-corrected chi connectivity index (χ4v) is 4.70. The topological polar surface area (TPSA) is 87.0 Å². The average molecular weight is 421 g/mol. The predicted molar refractivity (Wildman–Crippen MR) is 118 cm³/mol. The summed E-state index contributed by atoms with van der Waals surface area (Å²) in [5, 5.41) is 31.2. The molecule has 5 nitrogen and oxygen atoms in total. The number of carbonyl (C=O) groups excluding carboxylic acids is 1. The van der Waals surface area contributed by atoms with Gasteiger partial charge in [-0.05, 0) is 69.3 Å². The Bertz CT molecular complexity index is 614. The van der Waals surface area contributed by atoms with E-state index in [1.807, 2.05) is 0 Å². The van der Waals surface area contributed by atoms with E-state index in [0.717, 1.165) is 51.4 Å².